The Hall–Kier alpha value is -1.72. The van der Waals surface area contributed by atoms with Crippen molar-refractivity contribution in [3.05, 3.63) is 35.0 Å². The standard InChI is InChI=1S/C20H24N2/c1-3-15-12-14(2)20-18(6-9-21-20)19(15)13-22-10-7-17(8-11-22)16-4-5-16/h1,6,9,12,16-17,21H,4-5,7-8,10-11,13H2,2H3/i10D/t10-,17?/m0/s1. The van der Waals surface area contributed by atoms with Crippen molar-refractivity contribution in [2.24, 2.45) is 11.8 Å². The summed E-state index contributed by atoms with van der Waals surface area (Å²) in [6, 6.07) is 4.22. The topological polar surface area (TPSA) is 19.0 Å². The fourth-order valence-electron chi connectivity index (χ4n) is 3.93. The van der Waals surface area contributed by atoms with Gasteiger partial charge in [-0.3, -0.25) is 4.90 Å². The first-order chi connectivity index (χ1) is 11.2. The van der Waals surface area contributed by atoms with E-state index >= 15 is 0 Å². The van der Waals surface area contributed by atoms with E-state index in [-0.39, 0.29) is 6.52 Å². The van der Waals surface area contributed by atoms with E-state index in [0.29, 0.717) is 0 Å². The number of fused-ring (bicyclic) bond motifs is 1. The number of likely N-dealkylation sites (tertiary alicyclic amines) is 1. The van der Waals surface area contributed by atoms with E-state index in [9.17, 15) is 0 Å². The summed E-state index contributed by atoms with van der Waals surface area (Å²) in [7, 11) is 0. The van der Waals surface area contributed by atoms with E-state index < -0.39 is 0 Å². The Kier molecular flexibility index (Phi) is 3.19. The third kappa shape index (κ3) is 2.44. The highest BCUT2D eigenvalue weighted by Gasteiger charge is 2.33. The first-order valence-electron chi connectivity index (χ1n) is 8.97. The number of piperidine rings is 1. The molecule has 0 bridgehead atoms. The molecule has 2 fully saturated rings. The largest absolute Gasteiger partial charge is 0.361 e. The Balaban J connectivity index is 1.61. The Bertz CT molecular complexity index is 766. The van der Waals surface area contributed by atoms with Gasteiger partial charge in [0, 0.05) is 30.6 Å². The van der Waals surface area contributed by atoms with Crippen molar-refractivity contribution in [2.45, 2.75) is 39.2 Å². The molecule has 22 heavy (non-hydrogen) atoms. The lowest BCUT2D eigenvalue weighted by Crippen LogP contribution is -2.34. The second-order valence-corrected chi connectivity index (χ2v) is 6.91. The molecule has 2 heterocycles. The molecule has 2 aromatic rings. The molecule has 0 spiro atoms. The van der Waals surface area contributed by atoms with Crippen molar-refractivity contribution in [1.82, 2.24) is 9.88 Å². The van der Waals surface area contributed by atoms with Crippen molar-refractivity contribution >= 4 is 10.9 Å². The minimum absolute atomic E-state index is 0.0877. The number of aromatic nitrogens is 1. The van der Waals surface area contributed by atoms with Crippen LogP contribution in [0, 0.1) is 31.1 Å². The van der Waals surface area contributed by atoms with Gasteiger partial charge < -0.3 is 4.98 Å². The third-order valence-corrected chi connectivity index (χ3v) is 5.41. The summed E-state index contributed by atoms with van der Waals surface area (Å²) in [5, 5.41) is 1.22. The number of aromatic amines is 1. The molecule has 1 aliphatic heterocycles. The maximum absolute atomic E-state index is 8.54. The fraction of sp³-hybridized carbons (Fsp3) is 0.500. The third-order valence-electron chi connectivity index (χ3n) is 5.41. The maximum Gasteiger partial charge on any atom is 0.0487 e. The van der Waals surface area contributed by atoms with Crippen LogP contribution in [0.1, 0.15) is 43.7 Å². The van der Waals surface area contributed by atoms with E-state index in [4.69, 9.17) is 7.79 Å². The van der Waals surface area contributed by atoms with Crippen LogP contribution in [-0.4, -0.2) is 22.9 Å². The summed E-state index contributed by atoms with van der Waals surface area (Å²) in [5.41, 5.74) is 4.55. The molecule has 2 nitrogen and oxygen atoms in total. The van der Waals surface area contributed by atoms with Gasteiger partial charge in [-0.25, -0.2) is 0 Å². The summed E-state index contributed by atoms with van der Waals surface area (Å²) in [5.74, 6) is 4.56. The highest BCUT2D eigenvalue weighted by Crippen LogP contribution is 2.42. The molecule has 1 saturated heterocycles. The zero-order chi connectivity index (χ0) is 16.0. The Morgan fingerprint density at radius 1 is 1.36 bits per heavy atom. The number of hydrogen-bond donors (Lipinski definition) is 1. The average Bonchev–Trinajstić information content (AvgIpc) is 3.28. The van der Waals surface area contributed by atoms with Crippen LogP contribution >= 0.6 is 0 Å². The monoisotopic (exact) mass is 293 g/mol. The quantitative estimate of drug-likeness (QED) is 0.845. The Labute approximate surface area is 134 Å². The predicted molar refractivity (Wildman–Crippen MR) is 91.7 cm³/mol. The van der Waals surface area contributed by atoms with E-state index in [2.05, 4.69) is 34.9 Å². The molecule has 4 rings (SSSR count). The highest BCUT2D eigenvalue weighted by atomic mass is 15.1. The van der Waals surface area contributed by atoms with Crippen LogP contribution in [0.4, 0.5) is 0 Å². The number of aryl methyl sites for hydroxylation is 1. The highest BCUT2D eigenvalue weighted by molar-refractivity contribution is 5.88. The van der Waals surface area contributed by atoms with Gasteiger partial charge in [-0.05, 0) is 80.8 Å². The number of rotatable bonds is 3. The van der Waals surface area contributed by atoms with Crippen molar-refractivity contribution < 1.29 is 1.37 Å². The van der Waals surface area contributed by atoms with Crippen molar-refractivity contribution in [1.29, 1.82) is 0 Å². The van der Waals surface area contributed by atoms with E-state index in [1.165, 1.54) is 41.3 Å². The summed E-state index contributed by atoms with van der Waals surface area (Å²) >= 11 is 0. The number of H-pyrrole nitrogens is 1. The molecule has 0 amide bonds. The predicted octanol–water partition coefficient (Wildman–Crippen LogP) is 4.08. The zero-order valence-electron chi connectivity index (χ0n) is 14.2. The van der Waals surface area contributed by atoms with Gasteiger partial charge >= 0.3 is 0 Å². The van der Waals surface area contributed by atoms with Gasteiger partial charge in [0.25, 0.3) is 0 Å². The summed E-state index contributed by atoms with van der Waals surface area (Å²) in [6.07, 6.45) is 12.8. The van der Waals surface area contributed by atoms with Crippen LogP contribution in [0.2, 0.25) is 0 Å². The normalized spacial score (nSPS) is 26.8. The molecule has 1 aliphatic carbocycles. The fourth-order valence-corrected chi connectivity index (χ4v) is 3.93. The molecule has 1 N–H and O–H groups in total. The minimum Gasteiger partial charge on any atom is -0.361 e. The molecule has 2 heteroatoms. The number of benzene rings is 1. The molecule has 1 unspecified atom stereocenters. The first kappa shape index (κ1) is 12.8. The number of hydrogen-bond acceptors (Lipinski definition) is 1. The van der Waals surface area contributed by atoms with Gasteiger partial charge in [0.15, 0.2) is 0 Å². The summed E-state index contributed by atoms with van der Waals surface area (Å²) in [4.78, 5) is 5.63. The number of nitrogens with one attached hydrogen (secondary N) is 1. The average molecular weight is 293 g/mol. The molecular formula is C20H24N2. The van der Waals surface area contributed by atoms with E-state index in [1.54, 1.807) is 0 Å². The van der Waals surface area contributed by atoms with Gasteiger partial charge in [-0.15, -0.1) is 6.42 Å². The molecule has 2 atom stereocenters. The lowest BCUT2D eigenvalue weighted by atomic mass is 9.91. The van der Waals surface area contributed by atoms with Gasteiger partial charge in [-0.2, -0.15) is 0 Å². The van der Waals surface area contributed by atoms with Gasteiger partial charge in [0.2, 0.25) is 0 Å². The minimum atomic E-state index is -0.0877. The number of nitrogens with zero attached hydrogens (tertiary/aromatic N) is 1. The summed E-state index contributed by atoms with van der Waals surface area (Å²) < 4.78 is 8.54. The van der Waals surface area contributed by atoms with Crippen LogP contribution in [0.25, 0.3) is 10.9 Å². The zero-order valence-corrected chi connectivity index (χ0v) is 13.2. The SMILES string of the molecule is [2H][C@H]1CC(C2CC2)CCN1Cc1c(C#C)cc(C)c2[nH]ccc12. The van der Waals surface area contributed by atoms with E-state index in [1.807, 2.05) is 6.20 Å². The van der Waals surface area contributed by atoms with Gasteiger partial charge in [0.1, 0.15) is 0 Å². The van der Waals surface area contributed by atoms with Crippen LogP contribution in [-0.2, 0) is 6.54 Å². The first-order valence-corrected chi connectivity index (χ1v) is 8.40. The van der Waals surface area contributed by atoms with Crippen molar-refractivity contribution in [3.63, 3.8) is 0 Å². The molecular weight excluding hydrogens is 268 g/mol. The van der Waals surface area contributed by atoms with Crippen LogP contribution in [0.3, 0.4) is 0 Å². The lowest BCUT2D eigenvalue weighted by Gasteiger charge is -2.32. The molecule has 0 radical (unpaired) electrons. The molecule has 114 valence electrons. The molecule has 1 saturated carbocycles. The second kappa shape index (κ2) is 5.48. The molecule has 1 aromatic heterocycles. The number of terminal acetylenes is 1. The molecule has 1 aromatic carbocycles. The van der Waals surface area contributed by atoms with Crippen LogP contribution < -0.4 is 0 Å². The van der Waals surface area contributed by atoms with Gasteiger partial charge in [0.05, 0.1) is 0 Å². The van der Waals surface area contributed by atoms with Crippen LogP contribution in [0.15, 0.2) is 18.3 Å². The lowest BCUT2D eigenvalue weighted by molar-refractivity contribution is 0.166. The van der Waals surface area contributed by atoms with Crippen molar-refractivity contribution in [2.75, 3.05) is 13.1 Å². The smallest absolute Gasteiger partial charge is 0.0487 e. The van der Waals surface area contributed by atoms with Crippen molar-refractivity contribution in [3.8, 4) is 12.3 Å². The van der Waals surface area contributed by atoms with Gasteiger partial charge in [-0.1, -0.05) is 5.92 Å². The summed E-state index contributed by atoms with van der Waals surface area (Å²) in [6.45, 7) is 3.83. The van der Waals surface area contributed by atoms with Crippen LogP contribution in [0.5, 0.6) is 0 Å². The maximum atomic E-state index is 8.54. The van der Waals surface area contributed by atoms with E-state index in [0.717, 1.165) is 36.9 Å². The Morgan fingerprint density at radius 3 is 2.91 bits per heavy atom. The second-order valence-electron chi connectivity index (χ2n) is 6.91. The molecule has 2 aliphatic rings. The Morgan fingerprint density at radius 2 is 2.18 bits per heavy atom.